The van der Waals surface area contributed by atoms with Crippen LogP contribution in [0.25, 0.3) is 5.57 Å². The van der Waals surface area contributed by atoms with Crippen LogP contribution in [-0.4, -0.2) is 23.8 Å². The number of esters is 1. The largest absolute Gasteiger partial charge is 0.449 e. The van der Waals surface area contributed by atoms with Crippen molar-refractivity contribution in [1.82, 2.24) is 0 Å². The Labute approximate surface area is 142 Å². The Morgan fingerprint density at radius 3 is 2.25 bits per heavy atom. The Morgan fingerprint density at radius 2 is 1.67 bits per heavy atom. The van der Waals surface area contributed by atoms with Crippen LogP contribution in [0.3, 0.4) is 0 Å². The van der Waals surface area contributed by atoms with Crippen LogP contribution >= 0.6 is 0 Å². The van der Waals surface area contributed by atoms with Gasteiger partial charge in [-0.25, -0.2) is 4.79 Å². The third-order valence-corrected chi connectivity index (χ3v) is 3.35. The molecule has 2 aromatic carbocycles. The lowest BCUT2D eigenvalue weighted by Gasteiger charge is -2.10. The van der Waals surface area contributed by atoms with Gasteiger partial charge in [0.2, 0.25) is 0 Å². The van der Waals surface area contributed by atoms with E-state index >= 15 is 0 Å². The van der Waals surface area contributed by atoms with E-state index in [4.69, 9.17) is 4.74 Å². The van der Waals surface area contributed by atoms with Crippen molar-refractivity contribution in [1.29, 1.82) is 0 Å². The van der Waals surface area contributed by atoms with Gasteiger partial charge >= 0.3 is 5.97 Å². The molecule has 0 aromatic heterocycles. The molecule has 0 amide bonds. The zero-order valence-electron chi connectivity index (χ0n) is 13.6. The van der Waals surface area contributed by atoms with Crippen LogP contribution in [0.15, 0.2) is 66.7 Å². The molecule has 2 rings (SSSR count). The molecule has 1 N–H and O–H groups in total. The van der Waals surface area contributed by atoms with Gasteiger partial charge in [-0.1, -0.05) is 73.4 Å². The highest BCUT2D eigenvalue weighted by molar-refractivity contribution is 5.89. The molecule has 0 saturated carbocycles. The maximum absolute atomic E-state index is 11.8. The first-order valence-electron chi connectivity index (χ1n) is 7.86. The number of allylic oxidation sites excluding steroid dienone is 1. The number of carbonyl (C=O) groups excluding carboxylic acids is 1. The van der Waals surface area contributed by atoms with E-state index in [0.717, 1.165) is 17.6 Å². The second-order valence-corrected chi connectivity index (χ2v) is 5.10. The Bertz CT molecular complexity index is 737. The topological polar surface area (TPSA) is 46.5 Å². The zero-order chi connectivity index (χ0) is 17.2. The van der Waals surface area contributed by atoms with E-state index in [1.54, 1.807) is 24.3 Å². The molecule has 0 radical (unpaired) electrons. The van der Waals surface area contributed by atoms with Crippen molar-refractivity contribution < 1.29 is 14.6 Å². The summed E-state index contributed by atoms with van der Waals surface area (Å²) in [4.78, 5) is 11.8. The summed E-state index contributed by atoms with van der Waals surface area (Å²) in [5, 5.41) is 10.3. The van der Waals surface area contributed by atoms with Gasteiger partial charge in [0.25, 0.3) is 0 Å². The maximum atomic E-state index is 11.8. The van der Waals surface area contributed by atoms with E-state index in [9.17, 15) is 9.90 Å². The summed E-state index contributed by atoms with van der Waals surface area (Å²) < 4.78 is 5.08. The van der Waals surface area contributed by atoms with Gasteiger partial charge in [-0.3, -0.25) is 0 Å². The number of hydrogen-bond donors (Lipinski definition) is 1. The number of ether oxygens (including phenoxy) is 1. The number of benzene rings is 2. The summed E-state index contributed by atoms with van der Waals surface area (Å²) in [6, 6.07) is 18.4. The van der Waals surface area contributed by atoms with Crippen molar-refractivity contribution in [3.05, 3.63) is 77.9 Å². The molecule has 0 saturated heterocycles. The Balaban J connectivity index is 1.96. The molecule has 0 fully saturated rings. The zero-order valence-corrected chi connectivity index (χ0v) is 13.6. The number of hydrogen-bond acceptors (Lipinski definition) is 3. The van der Waals surface area contributed by atoms with Crippen LogP contribution in [0.1, 0.15) is 29.3 Å². The molecule has 0 spiro atoms. The molecule has 3 nitrogen and oxygen atoms in total. The molecular formula is C21H20O3. The fourth-order valence-corrected chi connectivity index (χ4v) is 2.21. The Hall–Kier alpha value is -2.83. The third-order valence-electron chi connectivity index (χ3n) is 3.35. The quantitative estimate of drug-likeness (QED) is 0.675. The van der Waals surface area contributed by atoms with Crippen LogP contribution in [0.2, 0.25) is 0 Å². The van der Waals surface area contributed by atoms with E-state index in [1.807, 2.05) is 49.4 Å². The summed E-state index contributed by atoms with van der Waals surface area (Å²) in [5.74, 6) is 5.02. The van der Waals surface area contributed by atoms with Crippen LogP contribution in [0.5, 0.6) is 0 Å². The van der Waals surface area contributed by atoms with Crippen molar-refractivity contribution in [2.45, 2.75) is 19.4 Å². The summed E-state index contributed by atoms with van der Waals surface area (Å²) >= 11 is 0. The lowest BCUT2D eigenvalue weighted by molar-refractivity contribution is 0.0556. The second kappa shape index (κ2) is 9.34. The highest BCUT2D eigenvalue weighted by Crippen LogP contribution is 2.18. The van der Waals surface area contributed by atoms with Gasteiger partial charge in [0.05, 0.1) is 5.56 Å². The van der Waals surface area contributed by atoms with Crippen molar-refractivity contribution in [2.75, 3.05) is 6.61 Å². The van der Waals surface area contributed by atoms with Crippen molar-refractivity contribution >= 4 is 11.5 Å². The summed E-state index contributed by atoms with van der Waals surface area (Å²) in [7, 11) is 0. The molecule has 0 heterocycles. The number of carbonyl (C=O) groups is 1. The fourth-order valence-electron chi connectivity index (χ4n) is 2.21. The van der Waals surface area contributed by atoms with Crippen molar-refractivity contribution in [3.63, 3.8) is 0 Å². The van der Waals surface area contributed by atoms with E-state index in [-0.39, 0.29) is 6.61 Å². The number of aliphatic hydroxyl groups is 1. The molecule has 24 heavy (non-hydrogen) atoms. The molecule has 2 aromatic rings. The highest BCUT2D eigenvalue weighted by Gasteiger charge is 2.09. The molecule has 0 aliphatic carbocycles. The lowest BCUT2D eigenvalue weighted by atomic mass is 10.00. The summed E-state index contributed by atoms with van der Waals surface area (Å²) in [6.07, 6.45) is 1.83. The van der Waals surface area contributed by atoms with Crippen LogP contribution in [-0.2, 0) is 4.74 Å². The van der Waals surface area contributed by atoms with E-state index in [2.05, 4.69) is 11.8 Å². The predicted octanol–water partition coefficient (Wildman–Crippen LogP) is 3.70. The standard InChI is InChI=1S/C21H20O3/c1-2-10-19(17-11-5-3-6-12-17)20(22)15-9-16-24-21(23)18-13-7-4-8-14-18/h3-8,10-14,20,22H,2,16H2,1H3/b19-10+/t20-/m1/s1. The average Bonchev–Trinajstić information content (AvgIpc) is 2.64. The van der Waals surface area contributed by atoms with Crippen molar-refractivity contribution in [3.8, 4) is 11.8 Å². The first-order chi connectivity index (χ1) is 11.7. The number of aliphatic hydroxyl groups excluding tert-OH is 1. The van der Waals surface area contributed by atoms with E-state index in [1.165, 1.54) is 0 Å². The van der Waals surface area contributed by atoms with E-state index in [0.29, 0.717) is 5.56 Å². The SMILES string of the molecule is CC/C=C(\c1ccccc1)[C@H](O)C#CCOC(=O)c1ccccc1. The molecular weight excluding hydrogens is 300 g/mol. The molecule has 0 aliphatic rings. The van der Waals surface area contributed by atoms with Gasteiger partial charge in [-0.2, -0.15) is 0 Å². The fraction of sp³-hybridized carbons (Fsp3) is 0.190. The molecule has 3 heteroatoms. The minimum atomic E-state index is -0.914. The normalized spacial score (nSPS) is 12.0. The lowest BCUT2D eigenvalue weighted by Crippen LogP contribution is -2.08. The molecule has 0 bridgehead atoms. The van der Waals surface area contributed by atoms with Gasteiger partial charge in [0, 0.05) is 0 Å². The Morgan fingerprint density at radius 1 is 1.08 bits per heavy atom. The predicted molar refractivity (Wildman–Crippen MR) is 95.2 cm³/mol. The summed E-state index contributed by atoms with van der Waals surface area (Å²) in [5.41, 5.74) is 2.18. The minimum absolute atomic E-state index is 0.0566. The smallest absolute Gasteiger partial charge is 0.339 e. The second-order valence-electron chi connectivity index (χ2n) is 5.10. The highest BCUT2D eigenvalue weighted by atomic mass is 16.5. The molecule has 0 unspecified atom stereocenters. The Kier molecular flexibility index (Phi) is 6.82. The molecule has 0 aliphatic heterocycles. The van der Waals surface area contributed by atoms with Gasteiger partial charge in [-0.05, 0) is 29.7 Å². The third kappa shape index (κ3) is 5.12. The first kappa shape index (κ1) is 17.5. The molecule has 122 valence electrons. The number of rotatable bonds is 5. The van der Waals surface area contributed by atoms with Crippen LogP contribution < -0.4 is 0 Å². The maximum Gasteiger partial charge on any atom is 0.339 e. The van der Waals surface area contributed by atoms with Gasteiger partial charge in [0.1, 0.15) is 6.10 Å². The van der Waals surface area contributed by atoms with Gasteiger partial charge in [-0.15, -0.1) is 0 Å². The minimum Gasteiger partial charge on any atom is -0.449 e. The van der Waals surface area contributed by atoms with Crippen molar-refractivity contribution in [2.24, 2.45) is 0 Å². The average molecular weight is 320 g/mol. The first-order valence-corrected chi connectivity index (χ1v) is 7.86. The summed E-state index contributed by atoms with van der Waals surface area (Å²) in [6.45, 7) is 1.95. The van der Waals surface area contributed by atoms with Crippen LogP contribution in [0, 0.1) is 11.8 Å². The van der Waals surface area contributed by atoms with Crippen LogP contribution in [0.4, 0.5) is 0 Å². The monoisotopic (exact) mass is 320 g/mol. The van der Waals surface area contributed by atoms with Gasteiger partial charge in [0.15, 0.2) is 6.61 Å². The van der Waals surface area contributed by atoms with E-state index < -0.39 is 12.1 Å². The molecule has 1 atom stereocenters. The van der Waals surface area contributed by atoms with Gasteiger partial charge < -0.3 is 9.84 Å².